The highest BCUT2D eigenvalue weighted by molar-refractivity contribution is 5.97. The van der Waals surface area contributed by atoms with Gasteiger partial charge in [0.15, 0.2) is 6.61 Å². The molecular formula is C18H22F3N3O3. The predicted octanol–water partition coefficient (Wildman–Crippen LogP) is 2.67. The number of alkyl halides is 3. The summed E-state index contributed by atoms with van der Waals surface area (Å²) >= 11 is 0. The van der Waals surface area contributed by atoms with Crippen molar-refractivity contribution in [1.82, 2.24) is 10.3 Å². The van der Waals surface area contributed by atoms with E-state index >= 15 is 0 Å². The predicted molar refractivity (Wildman–Crippen MR) is 90.2 cm³/mol. The Bertz CT molecular complexity index is 745. The molecule has 0 aromatic carbocycles. The number of rotatable bonds is 8. The van der Waals surface area contributed by atoms with Gasteiger partial charge in [-0.3, -0.25) is 14.6 Å². The van der Waals surface area contributed by atoms with E-state index in [9.17, 15) is 22.8 Å². The van der Waals surface area contributed by atoms with E-state index in [4.69, 9.17) is 10.5 Å². The van der Waals surface area contributed by atoms with Crippen LogP contribution in [0.2, 0.25) is 0 Å². The lowest BCUT2D eigenvalue weighted by molar-refractivity contribution is -0.153. The van der Waals surface area contributed by atoms with Gasteiger partial charge in [-0.2, -0.15) is 13.2 Å². The van der Waals surface area contributed by atoms with Crippen molar-refractivity contribution in [2.24, 2.45) is 11.7 Å². The van der Waals surface area contributed by atoms with Gasteiger partial charge in [-0.05, 0) is 38.0 Å². The van der Waals surface area contributed by atoms with E-state index < -0.39 is 30.1 Å². The number of carbonyl (C=O) groups is 2. The van der Waals surface area contributed by atoms with E-state index in [0.29, 0.717) is 17.9 Å². The highest BCUT2D eigenvalue weighted by Crippen LogP contribution is 2.44. The zero-order valence-corrected chi connectivity index (χ0v) is 14.9. The second-order valence-corrected chi connectivity index (χ2v) is 7.58. The lowest BCUT2D eigenvalue weighted by Gasteiger charge is -2.27. The maximum Gasteiger partial charge on any atom is 0.422 e. The van der Waals surface area contributed by atoms with Crippen LogP contribution in [0, 0.1) is 5.92 Å². The van der Waals surface area contributed by atoms with Crippen molar-refractivity contribution in [3.63, 3.8) is 0 Å². The lowest BCUT2D eigenvalue weighted by Crippen LogP contribution is -2.55. The molecule has 2 aliphatic rings. The van der Waals surface area contributed by atoms with E-state index in [1.165, 1.54) is 12.3 Å². The third-order valence-corrected chi connectivity index (χ3v) is 4.86. The smallest absolute Gasteiger partial charge is 0.422 e. The maximum absolute atomic E-state index is 12.6. The largest absolute Gasteiger partial charge is 0.484 e. The summed E-state index contributed by atoms with van der Waals surface area (Å²) in [5.41, 5.74) is 4.66. The summed E-state index contributed by atoms with van der Waals surface area (Å²) in [6.07, 6.45) is 0.951. The Labute approximate surface area is 154 Å². The molecule has 1 heterocycles. The number of nitrogens with zero attached hydrogens (tertiary/aromatic N) is 1. The molecule has 2 aliphatic carbocycles. The van der Waals surface area contributed by atoms with Gasteiger partial charge >= 0.3 is 6.18 Å². The minimum atomic E-state index is -4.48. The molecule has 2 amide bonds. The van der Waals surface area contributed by atoms with Crippen molar-refractivity contribution in [3.05, 3.63) is 23.5 Å². The molecule has 27 heavy (non-hydrogen) atoms. The zero-order valence-electron chi connectivity index (χ0n) is 14.9. The van der Waals surface area contributed by atoms with Crippen LogP contribution in [0.3, 0.4) is 0 Å². The first-order chi connectivity index (χ1) is 12.6. The molecule has 1 unspecified atom stereocenters. The first kappa shape index (κ1) is 19.4. The van der Waals surface area contributed by atoms with Crippen LogP contribution < -0.4 is 15.8 Å². The molecule has 0 saturated heterocycles. The molecular weight excluding hydrogens is 363 g/mol. The van der Waals surface area contributed by atoms with Crippen molar-refractivity contribution in [1.29, 1.82) is 0 Å². The lowest BCUT2D eigenvalue weighted by atomic mass is 9.93. The number of nitrogens with one attached hydrogen (secondary N) is 1. The first-order valence-electron chi connectivity index (χ1n) is 8.89. The summed E-state index contributed by atoms with van der Waals surface area (Å²) in [5.74, 6) is -0.901. The topological polar surface area (TPSA) is 94.3 Å². The number of hydrogen-bond donors (Lipinski definition) is 2. The molecule has 3 rings (SSSR count). The van der Waals surface area contributed by atoms with Crippen molar-refractivity contribution >= 4 is 11.8 Å². The molecule has 148 valence electrons. The van der Waals surface area contributed by atoms with Crippen LogP contribution in [0.25, 0.3) is 0 Å². The van der Waals surface area contributed by atoms with Crippen LogP contribution in [0.1, 0.15) is 61.0 Å². The number of halogens is 3. The van der Waals surface area contributed by atoms with Crippen molar-refractivity contribution in [2.75, 3.05) is 6.61 Å². The number of primary amides is 1. The minimum absolute atomic E-state index is 0.00190. The minimum Gasteiger partial charge on any atom is -0.484 e. The van der Waals surface area contributed by atoms with Gasteiger partial charge in [0.1, 0.15) is 17.0 Å². The fourth-order valence-corrected chi connectivity index (χ4v) is 2.98. The molecule has 2 saturated carbocycles. The van der Waals surface area contributed by atoms with Gasteiger partial charge in [-0.1, -0.05) is 12.8 Å². The summed E-state index contributed by atoms with van der Waals surface area (Å²) < 4.78 is 42.5. The van der Waals surface area contributed by atoms with Crippen LogP contribution in [-0.4, -0.2) is 35.1 Å². The van der Waals surface area contributed by atoms with Gasteiger partial charge in [-0.25, -0.2) is 0 Å². The van der Waals surface area contributed by atoms with E-state index in [-0.39, 0.29) is 17.4 Å². The number of carbonyl (C=O) groups excluding carboxylic acids is 2. The van der Waals surface area contributed by atoms with E-state index in [1.54, 1.807) is 6.92 Å². The molecule has 6 nitrogen and oxygen atoms in total. The number of pyridine rings is 1. The van der Waals surface area contributed by atoms with Gasteiger partial charge in [0.05, 0.1) is 0 Å². The second-order valence-electron chi connectivity index (χ2n) is 7.58. The molecule has 0 spiro atoms. The van der Waals surface area contributed by atoms with Crippen LogP contribution in [0.5, 0.6) is 5.75 Å². The van der Waals surface area contributed by atoms with Crippen molar-refractivity contribution in [3.8, 4) is 5.75 Å². The third-order valence-electron chi connectivity index (χ3n) is 4.86. The van der Waals surface area contributed by atoms with Gasteiger partial charge < -0.3 is 15.8 Å². The summed E-state index contributed by atoms with van der Waals surface area (Å²) in [4.78, 5) is 28.4. The van der Waals surface area contributed by atoms with Gasteiger partial charge in [-0.15, -0.1) is 0 Å². The van der Waals surface area contributed by atoms with E-state index in [0.717, 1.165) is 25.7 Å². The Morgan fingerprint density at radius 3 is 2.48 bits per heavy atom. The Morgan fingerprint density at radius 1 is 1.30 bits per heavy atom. The van der Waals surface area contributed by atoms with Gasteiger partial charge in [0.25, 0.3) is 5.91 Å². The number of aromatic nitrogens is 1. The molecule has 0 radical (unpaired) electrons. The highest BCUT2D eigenvalue weighted by atomic mass is 19.4. The van der Waals surface area contributed by atoms with Crippen LogP contribution in [0.15, 0.2) is 12.3 Å². The number of amides is 2. The molecule has 1 aromatic heterocycles. The molecule has 0 aliphatic heterocycles. The maximum atomic E-state index is 12.6. The van der Waals surface area contributed by atoms with Crippen LogP contribution >= 0.6 is 0 Å². The summed E-state index contributed by atoms with van der Waals surface area (Å²) in [7, 11) is 0. The number of nitrogens with two attached hydrogens (primary N) is 1. The summed E-state index contributed by atoms with van der Waals surface area (Å²) in [6.45, 7) is 0.101. The molecule has 1 aromatic rings. The Kier molecular flexibility index (Phi) is 5.05. The Morgan fingerprint density at radius 2 is 1.96 bits per heavy atom. The average molecular weight is 385 g/mol. The number of hydrogen-bond acceptors (Lipinski definition) is 4. The second kappa shape index (κ2) is 7.01. The summed E-state index contributed by atoms with van der Waals surface area (Å²) in [6, 6.07) is 1.20. The standard InChI is InChI=1S/C18H22F3N3O3/c1-17(16(22)26,7-10-2-3-10)24-15(25)13-6-14(27-9-18(19,20)21)12(8-23-13)11-4-5-11/h6,8,10-11H,2-5,7,9H2,1H3,(H2,22,26)(H,24,25). The highest BCUT2D eigenvalue weighted by Gasteiger charge is 2.39. The summed E-state index contributed by atoms with van der Waals surface area (Å²) in [5, 5.41) is 2.59. The normalized spacial score (nSPS) is 19.3. The third kappa shape index (κ3) is 5.11. The molecule has 9 heteroatoms. The van der Waals surface area contributed by atoms with E-state index in [2.05, 4.69) is 10.3 Å². The average Bonchev–Trinajstić information content (AvgIpc) is 3.46. The first-order valence-corrected chi connectivity index (χ1v) is 8.89. The van der Waals surface area contributed by atoms with E-state index in [1.807, 2.05) is 0 Å². The fourth-order valence-electron chi connectivity index (χ4n) is 2.98. The SMILES string of the molecule is CC(CC1CC1)(NC(=O)c1cc(OCC(F)(F)F)c(C2CC2)cn1)C(N)=O. The quantitative estimate of drug-likeness (QED) is 0.719. The van der Waals surface area contributed by atoms with Crippen molar-refractivity contribution < 1.29 is 27.5 Å². The van der Waals surface area contributed by atoms with Gasteiger partial charge in [0, 0.05) is 17.8 Å². The Balaban J connectivity index is 1.78. The van der Waals surface area contributed by atoms with Crippen LogP contribution in [0.4, 0.5) is 13.2 Å². The molecule has 0 bridgehead atoms. The number of ether oxygens (including phenoxy) is 1. The van der Waals surface area contributed by atoms with Gasteiger partial charge in [0.2, 0.25) is 5.91 Å². The fraction of sp³-hybridized carbons (Fsp3) is 0.611. The monoisotopic (exact) mass is 385 g/mol. The van der Waals surface area contributed by atoms with Crippen LogP contribution in [-0.2, 0) is 4.79 Å². The Hall–Kier alpha value is -2.32. The van der Waals surface area contributed by atoms with Crippen molar-refractivity contribution in [2.45, 2.75) is 56.7 Å². The molecule has 1 atom stereocenters. The molecule has 2 fully saturated rings. The zero-order chi connectivity index (χ0) is 19.8. The molecule has 3 N–H and O–H groups in total.